The SMILES string of the molecule is NCC1CCCC1NC(=O)c1cc([N+](=O)[O-])ccc1N. The molecule has 7 nitrogen and oxygen atoms in total. The molecule has 2 unspecified atom stereocenters. The van der Waals surface area contributed by atoms with Gasteiger partial charge in [-0.15, -0.1) is 0 Å². The highest BCUT2D eigenvalue weighted by molar-refractivity contribution is 6.00. The zero-order valence-electron chi connectivity index (χ0n) is 11.0. The Morgan fingerprint density at radius 2 is 2.20 bits per heavy atom. The van der Waals surface area contributed by atoms with Crippen LogP contribution in [0.3, 0.4) is 0 Å². The van der Waals surface area contributed by atoms with E-state index in [1.54, 1.807) is 0 Å². The van der Waals surface area contributed by atoms with Crippen molar-refractivity contribution in [1.82, 2.24) is 5.32 Å². The lowest BCUT2D eigenvalue weighted by Gasteiger charge is -2.19. The zero-order valence-corrected chi connectivity index (χ0v) is 11.0. The molecule has 0 aliphatic heterocycles. The van der Waals surface area contributed by atoms with Gasteiger partial charge in [-0.3, -0.25) is 14.9 Å². The number of anilines is 1. The quantitative estimate of drug-likeness (QED) is 0.431. The van der Waals surface area contributed by atoms with Crippen LogP contribution in [0.4, 0.5) is 11.4 Å². The smallest absolute Gasteiger partial charge is 0.270 e. The van der Waals surface area contributed by atoms with E-state index in [1.165, 1.54) is 18.2 Å². The van der Waals surface area contributed by atoms with E-state index in [0.29, 0.717) is 6.54 Å². The first-order valence-electron chi connectivity index (χ1n) is 6.57. The fourth-order valence-corrected chi connectivity index (χ4v) is 2.61. The van der Waals surface area contributed by atoms with E-state index in [4.69, 9.17) is 11.5 Å². The van der Waals surface area contributed by atoms with Crippen LogP contribution in [0.2, 0.25) is 0 Å². The maximum atomic E-state index is 12.2. The van der Waals surface area contributed by atoms with Crippen LogP contribution in [-0.4, -0.2) is 23.4 Å². The standard InChI is InChI=1S/C13H18N4O3/c14-7-8-2-1-3-12(8)16-13(18)10-6-9(17(19)20)4-5-11(10)15/h4-6,8,12H,1-3,7,14-15H2,(H,16,18). The molecule has 0 radical (unpaired) electrons. The number of nitrogens with two attached hydrogens (primary N) is 2. The summed E-state index contributed by atoms with van der Waals surface area (Å²) >= 11 is 0. The first-order chi connectivity index (χ1) is 9.52. The minimum absolute atomic E-state index is 0.0196. The van der Waals surface area contributed by atoms with Gasteiger partial charge in [0.15, 0.2) is 0 Å². The Morgan fingerprint density at radius 3 is 2.85 bits per heavy atom. The van der Waals surface area contributed by atoms with Crippen LogP contribution in [-0.2, 0) is 0 Å². The second kappa shape index (κ2) is 5.87. The van der Waals surface area contributed by atoms with Gasteiger partial charge in [-0.1, -0.05) is 6.42 Å². The Bertz CT molecular complexity index is 532. The van der Waals surface area contributed by atoms with Gasteiger partial charge >= 0.3 is 0 Å². The highest BCUT2D eigenvalue weighted by Gasteiger charge is 2.28. The van der Waals surface area contributed by atoms with Crippen LogP contribution >= 0.6 is 0 Å². The predicted octanol–water partition coefficient (Wildman–Crippen LogP) is 1.03. The van der Waals surface area contributed by atoms with Gasteiger partial charge in [0.1, 0.15) is 0 Å². The van der Waals surface area contributed by atoms with Gasteiger partial charge in [-0.05, 0) is 31.4 Å². The third-order valence-electron chi connectivity index (χ3n) is 3.77. The lowest BCUT2D eigenvalue weighted by molar-refractivity contribution is -0.384. The predicted molar refractivity (Wildman–Crippen MR) is 75.2 cm³/mol. The van der Waals surface area contributed by atoms with E-state index < -0.39 is 4.92 Å². The van der Waals surface area contributed by atoms with Crippen LogP contribution in [0.25, 0.3) is 0 Å². The lowest BCUT2D eigenvalue weighted by atomic mass is 10.0. The summed E-state index contributed by atoms with van der Waals surface area (Å²) in [4.78, 5) is 22.4. The van der Waals surface area contributed by atoms with Gasteiger partial charge in [-0.25, -0.2) is 0 Å². The van der Waals surface area contributed by atoms with Gasteiger partial charge in [0.05, 0.1) is 10.5 Å². The van der Waals surface area contributed by atoms with Crippen LogP contribution in [0, 0.1) is 16.0 Å². The molecule has 2 atom stereocenters. The monoisotopic (exact) mass is 278 g/mol. The van der Waals surface area contributed by atoms with E-state index >= 15 is 0 Å². The fourth-order valence-electron chi connectivity index (χ4n) is 2.61. The van der Waals surface area contributed by atoms with Crippen molar-refractivity contribution in [3.05, 3.63) is 33.9 Å². The molecule has 1 aromatic carbocycles. The van der Waals surface area contributed by atoms with Crippen molar-refractivity contribution in [2.75, 3.05) is 12.3 Å². The number of hydrogen-bond acceptors (Lipinski definition) is 5. The Labute approximate surface area is 116 Å². The molecule has 108 valence electrons. The third kappa shape index (κ3) is 2.88. The number of carbonyl (C=O) groups is 1. The minimum Gasteiger partial charge on any atom is -0.398 e. The Hall–Kier alpha value is -2.15. The number of amides is 1. The number of nitrogens with zero attached hydrogens (tertiary/aromatic N) is 1. The number of non-ortho nitro benzene ring substituents is 1. The number of nitrogen functional groups attached to an aromatic ring is 1. The molecule has 0 bridgehead atoms. The molecule has 1 aromatic rings. The molecule has 5 N–H and O–H groups in total. The number of nitro benzene ring substituents is 1. The number of rotatable bonds is 4. The molecule has 20 heavy (non-hydrogen) atoms. The van der Waals surface area contributed by atoms with E-state index in [1.807, 2.05) is 0 Å². The second-order valence-electron chi connectivity index (χ2n) is 5.04. The number of benzene rings is 1. The van der Waals surface area contributed by atoms with Gasteiger partial charge in [0.25, 0.3) is 11.6 Å². The summed E-state index contributed by atoms with van der Waals surface area (Å²) in [7, 11) is 0. The van der Waals surface area contributed by atoms with Crippen LogP contribution in [0.15, 0.2) is 18.2 Å². The summed E-state index contributed by atoms with van der Waals surface area (Å²) in [5, 5.41) is 13.6. The molecule has 1 aliphatic carbocycles. The largest absolute Gasteiger partial charge is 0.398 e. The van der Waals surface area contributed by atoms with Crippen molar-refractivity contribution in [2.24, 2.45) is 11.7 Å². The maximum Gasteiger partial charge on any atom is 0.270 e. The molecule has 0 heterocycles. The average molecular weight is 278 g/mol. The first-order valence-corrected chi connectivity index (χ1v) is 6.57. The van der Waals surface area contributed by atoms with Crippen LogP contribution in [0.1, 0.15) is 29.6 Å². The highest BCUT2D eigenvalue weighted by atomic mass is 16.6. The molecule has 1 aliphatic rings. The Balaban J connectivity index is 2.16. The van der Waals surface area contributed by atoms with Crippen molar-refractivity contribution >= 4 is 17.3 Å². The second-order valence-corrected chi connectivity index (χ2v) is 5.04. The molecular weight excluding hydrogens is 260 g/mol. The fraction of sp³-hybridized carbons (Fsp3) is 0.462. The summed E-state index contributed by atoms with van der Waals surface area (Å²) in [5.74, 6) is -0.115. The highest BCUT2D eigenvalue weighted by Crippen LogP contribution is 2.26. The Kier molecular flexibility index (Phi) is 4.19. The zero-order chi connectivity index (χ0) is 14.7. The van der Waals surface area contributed by atoms with Crippen molar-refractivity contribution in [1.29, 1.82) is 0 Å². The normalized spacial score (nSPS) is 21.6. The topological polar surface area (TPSA) is 124 Å². The van der Waals surface area contributed by atoms with Gasteiger partial charge in [-0.2, -0.15) is 0 Å². The van der Waals surface area contributed by atoms with E-state index in [0.717, 1.165) is 19.3 Å². The summed E-state index contributed by atoms with van der Waals surface area (Å²) in [6.07, 6.45) is 2.89. The lowest BCUT2D eigenvalue weighted by Crippen LogP contribution is -2.40. The van der Waals surface area contributed by atoms with Gasteiger partial charge in [0.2, 0.25) is 0 Å². The van der Waals surface area contributed by atoms with Crippen LogP contribution < -0.4 is 16.8 Å². The summed E-state index contributed by atoms with van der Waals surface area (Å²) in [6.45, 7) is 0.523. The minimum atomic E-state index is -0.547. The van der Waals surface area contributed by atoms with Crippen molar-refractivity contribution < 1.29 is 9.72 Å². The molecule has 1 fully saturated rings. The molecule has 7 heteroatoms. The van der Waals surface area contributed by atoms with E-state index in [9.17, 15) is 14.9 Å². The van der Waals surface area contributed by atoms with E-state index in [2.05, 4.69) is 5.32 Å². The summed E-state index contributed by atoms with van der Waals surface area (Å²) in [5.41, 5.74) is 11.6. The molecule has 2 rings (SSSR count). The van der Waals surface area contributed by atoms with Crippen molar-refractivity contribution in [3.8, 4) is 0 Å². The van der Waals surface area contributed by atoms with Gasteiger partial charge < -0.3 is 16.8 Å². The number of nitro groups is 1. The third-order valence-corrected chi connectivity index (χ3v) is 3.77. The Morgan fingerprint density at radius 1 is 1.45 bits per heavy atom. The molecule has 1 amide bonds. The molecule has 1 saturated carbocycles. The molecular formula is C13H18N4O3. The van der Waals surface area contributed by atoms with Crippen LogP contribution in [0.5, 0.6) is 0 Å². The summed E-state index contributed by atoms with van der Waals surface area (Å²) < 4.78 is 0. The van der Waals surface area contributed by atoms with Crippen molar-refractivity contribution in [2.45, 2.75) is 25.3 Å². The first kappa shape index (κ1) is 14.3. The average Bonchev–Trinajstić information content (AvgIpc) is 2.86. The molecule has 0 aromatic heterocycles. The maximum absolute atomic E-state index is 12.2. The number of hydrogen-bond donors (Lipinski definition) is 3. The molecule has 0 saturated heterocycles. The summed E-state index contributed by atoms with van der Waals surface area (Å²) in [6, 6.07) is 3.88. The number of nitrogens with one attached hydrogen (secondary N) is 1. The number of carbonyl (C=O) groups excluding carboxylic acids is 1. The molecule has 0 spiro atoms. The van der Waals surface area contributed by atoms with Crippen molar-refractivity contribution in [3.63, 3.8) is 0 Å². The van der Waals surface area contributed by atoms with E-state index in [-0.39, 0.29) is 34.8 Å². The van der Waals surface area contributed by atoms with Gasteiger partial charge in [0, 0.05) is 23.9 Å².